The van der Waals surface area contributed by atoms with Crippen molar-refractivity contribution in [3.05, 3.63) is 99.2 Å². The Morgan fingerprint density at radius 1 is 1.00 bits per heavy atom. The number of anilines is 1. The van der Waals surface area contributed by atoms with E-state index in [-0.39, 0.29) is 11.5 Å². The predicted octanol–water partition coefficient (Wildman–Crippen LogP) is 4.80. The Bertz CT molecular complexity index is 1360. The lowest BCUT2D eigenvalue weighted by atomic mass is 9.97. The van der Waals surface area contributed by atoms with E-state index in [1.165, 1.54) is 5.56 Å². The van der Waals surface area contributed by atoms with Crippen LogP contribution >= 0.6 is 0 Å². The number of nitrogens with one attached hydrogen (secondary N) is 1. The van der Waals surface area contributed by atoms with Gasteiger partial charge in [-0.1, -0.05) is 38.1 Å². The summed E-state index contributed by atoms with van der Waals surface area (Å²) in [7, 11) is 0. The molecule has 1 N–H and O–H groups in total. The summed E-state index contributed by atoms with van der Waals surface area (Å²) in [6.07, 6.45) is 7.75. The molecule has 2 aromatic heterocycles. The summed E-state index contributed by atoms with van der Waals surface area (Å²) in [5.74, 6) is 0.304. The number of aryl methyl sites for hydroxylation is 2. The standard InChI is InChI=1S/C27H28N4O2/c1-18(2)20-11-13-22(14-12-20)28-26(32)21-9-7-19(8-10-21)17-30-15-16-31-25(27(30)33)23-5-3-4-6-24(23)29-31/h7-16,18H,3-6,17H2,1-2H3,(H,28,32). The summed E-state index contributed by atoms with van der Waals surface area (Å²) in [5, 5.41) is 7.54. The van der Waals surface area contributed by atoms with Gasteiger partial charge in [0.15, 0.2) is 0 Å². The quantitative estimate of drug-likeness (QED) is 0.485. The molecule has 0 atom stereocenters. The number of hydrogen-bond donors (Lipinski definition) is 1. The molecule has 1 aliphatic rings. The molecule has 4 aromatic rings. The summed E-state index contributed by atoms with van der Waals surface area (Å²) in [6, 6.07) is 15.3. The number of fused-ring (bicyclic) bond motifs is 3. The SMILES string of the molecule is CC(C)c1ccc(NC(=O)c2ccc(Cn3ccn4nc5c(c4c3=O)CCCC5)cc2)cc1. The number of amides is 1. The third kappa shape index (κ3) is 4.21. The number of hydrogen-bond acceptors (Lipinski definition) is 3. The second-order valence-electron chi connectivity index (χ2n) is 9.08. The van der Waals surface area contributed by atoms with Gasteiger partial charge in [0.1, 0.15) is 5.52 Å². The van der Waals surface area contributed by atoms with Crippen molar-refractivity contribution < 1.29 is 4.79 Å². The van der Waals surface area contributed by atoms with Crippen LogP contribution in [0.15, 0.2) is 65.7 Å². The van der Waals surface area contributed by atoms with Gasteiger partial charge in [0, 0.05) is 29.2 Å². The highest BCUT2D eigenvalue weighted by Gasteiger charge is 2.19. The molecule has 0 radical (unpaired) electrons. The minimum absolute atomic E-state index is 0.0141. The molecule has 33 heavy (non-hydrogen) atoms. The Morgan fingerprint density at radius 2 is 1.73 bits per heavy atom. The molecule has 0 aliphatic heterocycles. The molecule has 0 fully saturated rings. The number of carbonyl (C=O) groups is 1. The highest BCUT2D eigenvalue weighted by atomic mass is 16.1. The maximum Gasteiger partial charge on any atom is 0.277 e. The van der Waals surface area contributed by atoms with Gasteiger partial charge in [0.05, 0.1) is 12.2 Å². The Balaban J connectivity index is 1.31. The van der Waals surface area contributed by atoms with Gasteiger partial charge in [0.2, 0.25) is 0 Å². The lowest BCUT2D eigenvalue weighted by molar-refractivity contribution is 0.102. The summed E-state index contributed by atoms with van der Waals surface area (Å²) in [6.45, 7) is 4.74. The largest absolute Gasteiger partial charge is 0.322 e. The van der Waals surface area contributed by atoms with Crippen LogP contribution in [0.2, 0.25) is 0 Å². The van der Waals surface area contributed by atoms with Crippen LogP contribution in [0.1, 0.15) is 65.3 Å². The van der Waals surface area contributed by atoms with Crippen LogP contribution in [-0.2, 0) is 19.4 Å². The van der Waals surface area contributed by atoms with Crippen LogP contribution in [0, 0.1) is 0 Å². The fourth-order valence-corrected chi connectivity index (χ4v) is 4.49. The molecular weight excluding hydrogens is 412 g/mol. The van der Waals surface area contributed by atoms with Gasteiger partial charge in [-0.25, -0.2) is 4.52 Å². The molecule has 6 heteroatoms. The summed E-state index contributed by atoms with van der Waals surface area (Å²) < 4.78 is 3.45. The van der Waals surface area contributed by atoms with E-state index in [1.807, 2.05) is 42.6 Å². The molecule has 2 heterocycles. The van der Waals surface area contributed by atoms with Gasteiger partial charge in [-0.2, -0.15) is 5.10 Å². The van der Waals surface area contributed by atoms with E-state index in [0.29, 0.717) is 23.5 Å². The summed E-state index contributed by atoms with van der Waals surface area (Å²) in [5.41, 5.74) is 6.41. The molecule has 0 bridgehead atoms. The van der Waals surface area contributed by atoms with E-state index >= 15 is 0 Å². The van der Waals surface area contributed by atoms with Gasteiger partial charge in [-0.15, -0.1) is 0 Å². The lowest BCUT2D eigenvalue weighted by Gasteiger charge is -2.10. The van der Waals surface area contributed by atoms with E-state index in [0.717, 1.165) is 48.2 Å². The maximum absolute atomic E-state index is 13.1. The highest BCUT2D eigenvalue weighted by Crippen LogP contribution is 2.23. The first kappa shape index (κ1) is 21.2. The van der Waals surface area contributed by atoms with Gasteiger partial charge in [-0.3, -0.25) is 9.59 Å². The van der Waals surface area contributed by atoms with E-state index in [1.54, 1.807) is 27.4 Å². The molecular formula is C27H28N4O2. The molecule has 0 saturated heterocycles. The van der Waals surface area contributed by atoms with Crippen LogP contribution in [0.3, 0.4) is 0 Å². The Morgan fingerprint density at radius 3 is 2.45 bits per heavy atom. The van der Waals surface area contributed by atoms with Crippen LogP contribution in [0.25, 0.3) is 5.52 Å². The van der Waals surface area contributed by atoms with Gasteiger partial charge in [0.25, 0.3) is 11.5 Å². The number of nitrogens with zero attached hydrogens (tertiary/aromatic N) is 3. The zero-order valence-corrected chi connectivity index (χ0v) is 19.0. The zero-order valence-electron chi connectivity index (χ0n) is 19.0. The fourth-order valence-electron chi connectivity index (χ4n) is 4.49. The van der Waals surface area contributed by atoms with Crippen LogP contribution in [0.5, 0.6) is 0 Å². The smallest absolute Gasteiger partial charge is 0.277 e. The molecule has 0 spiro atoms. The zero-order chi connectivity index (χ0) is 22.9. The van der Waals surface area contributed by atoms with Crippen molar-refractivity contribution in [3.63, 3.8) is 0 Å². The van der Waals surface area contributed by atoms with Crippen molar-refractivity contribution in [1.29, 1.82) is 0 Å². The fraction of sp³-hybridized carbons (Fsp3) is 0.296. The monoisotopic (exact) mass is 440 g/mol. The normalized spacial score (nSPS) is 13.3. The first-order valence-corrected chi connectivity index (χ1v) is 11.6. The minimum Gasteiger partial charge on any atom is -0.322 e. The van der Waals surface area contributed by atoms with Crippen molar-refractivity contribution in [1.82, 2.24) is 14.2 Å². The van der Waals surface area contributed by atoms with Crippen molar-refractivity contribution in [2.75, 3.05) is 5.32 Å². The van der Waals surface area contributed by atoms with E-state index in [2.05, 4.69) is 24.3 Å². The molecule has 6 nitrogen and oxygen atoms in total. The second-order valence-corrected chi connectivity index (χ2v) is 9.08. The van der Waals surface area contributed by atoms with Gasteiger partial charge < -0.3 is 9.88 Å². The number of carbonyl (C=O) groups excluding carboxylic acids is 1. The topological polar surface area (TPSA) is 68.4 Å². The third-order valence-corrected chi connectivity index (χ3v) is 6.44. The Labute approximate surface area is 192 Å². The summed E-state index contributed by atoms with van der Waals surface area (Å²) >= 11 is 0. The maximum atomic E-state index is 13.1. The van der Waals surface area contributed by atoms with E-state index < -0.39 is 0 Å². The first-order chi connectivity index (χ1) is 16.0. The Hall–Kier alpha value is -3.67. The molecule has 168 valence electrons. The lowest BCUT2D eigenvalue weighted by Crippen LogP contribution is -2.23. The van der Waals surface area contributed by atoms with Crippen LogP contribution in [-0.4, -0.2) is 20.1 Å². The number of aromatic nitrogens is 3. The highest BCUT2D eigenvalue weighted by molar-refractivity contribution is 6.04. The van der Waals surface area contributed by atoms with Crippen molar-refractivity contribution in [3.8, 4) is 0 Å². The third-order valence-electron chi connectivity index (χ3n) is 6.44. The van der Waals surface area contributed by atoms with Crippen LogP contribution in [0.4, 0.5) is 5.69 Å². The molecule has 0 saturated carbocycles. The van der Waals surface area contributed by atoms with E-state index in [4.69, 9.17) is 0 Å². The predicted molar refractivity (Wildman–Crippen MR) is 130 cm³/mol. The average molecular weight is 441 g/mol. The number of rotatable bonds is 5. The molecule has 1 aliphatic carbocycles. The molecule has 1 amide bonds. The van der Waals surface area contributed by atoms with Gasteiger partial charge >= 0.3 is 0 Å². The molecule has 5 rings (SSSR count). The Kier molecular flexibility index (Phi) is 5.58. The first-order valence-electron chi connectivity index (χ1n) is 11.6. The minimum atomic E-state index is -0.150. The van der Waals surface area contributed by atoms with Gasteiger partial charge in [-0.05, 0) is 67.0 Å². The average Bonchev–Trinajstić information content (AvgIpc) is 3.21. The van der Waals surface area contributed by atoms with Crippen molar-refractivity contribution in [2.45, 2.75) is 52.0 Å². The van der Waals surface area contributed by atoms with Crippen molar-refractivity contribution in [2.24, 2.45) is 0 Å². The number of benzene rings is 2. The van der Waals surface area contributed by atoms with E-state index in [9.17, 15) is 9.59 Å². The molecule has 2 aromatic carbocycles. The summed E-state index contributed by atoms with van der Waals surface area (Å²) in [4.78, 5) is 25.8. The van der Waals surface area contributed by atoms with Crippen LogP contribution < -0.4 is 10.9 Å². The van der Waals surface area contributed by atoms with Crippen molar-refractivity contribution >= 4 is 17.1 Å². The molecule has 0 unspecified atom stereocenters. The second kappa shape index (κ2) is 8.70.